The molecule has 0 aliphatic rings. The topological polar surface area (TPSA) is 68.6 Å². The lowest BCUT2D eigenvalue weighted by Gasteiger charge is -2.14. The molecule has 152 valence electrons. The normalized spacial score (nSPS) is 11.7. The van der Waals surface area contributed by atoms with Crippen LogP contribution in [0.25, 0.3) is 0 Å². The minimum Gasteiger partial charge on any atom is -0.493 e. The van der Waals surface area contributed by atoms with E-state index in [1.165, 1.54) is 24.7 Å². The molecular weight excluding hydrogens is 429 g/mol. The number of methoxy groups -OCH3 is 1. The van der Waals surface area contributed by atoms with Crippen LogP contribution >= 0.6 is 22.9 Å². The maximum Gasteiger partial charge on any atom is 0.417 e. The number of nitrogens with zero attached hydrogens (tertiary/aromatic N) is 3. The Hall–Kier alpha value is -2.85. The number of hydrogen-bond donors (Lipinski definition) is 1. The Morgan fingerprint density at radius 1 is 1.31 bits per heavy atom. The number of halogens is 4. The van der Waals surface area contributed by atoms with Crippen molar-refractivity contribution in [3.63, 3.8) is 0 Å². The number of ether oxygens (including phenoxy) is 2. The van der Waals surface area contributed by atoms with Gasteiger partial charge in [0.15, 0.2) is 11.5 Å². The fraction of sp³-hybridized carbons (Fsp3) is 0.167. The van der Waals surface area contributed by atoms with Crippen LogP contribution in [0.5, 0.6) is 17.4 Å². The summed E-state index contributed by atoms with van der Waals surface area (Å²) in [4.78, 5) is 7.91. The molecule has 0 fully saturated rings. The van der Waals surface area contributed by atoms with Gasteiger partial charge in [0.05, 0.1) is 24.6 Å². The van der Waals surface area contributed by atoms with Crippen molar-refractivity contribution in [2.24, 2.45) is 5.10 Å². The van der Waals surface area contributed by atoms with E-state index in [-0.39, 0.29) is 16.7 Å². The van der Waals surface area contributed by atoms with Gasteiger partial charge in [-0.1, -0.05) is 17.7 Å². The van der Waals surface area contributed by atoms with Gasteiger partial charge < -0.3 is 9.47 Å². The molecule has 2 heterocycles. The van der Waals surface area contributed by atoms with Gasteiger partial charge in [-0.2, -0.15) is 18.3 Å². The van der Waals surface area contributed by atoms with Crippen molar-refractivity contribution in [1.82, 2.24) is 9.97 Å². The van der Waals surface area contributed by atoms with Gasteiger partial charge >= 0.3 is 6.18 Å². The molecule has 0 atom stereocenters. The Kier molecular flexibility index (Phi) is 6.23. The summed E-state index contributed by atoms with van der Waals surface area (Å²) in [5.74, 6) is 0.337. The Balaban J connectivity index is 1.88. The molecule has 0 saturated carbocycles. The molecule has 2 aromatic heterocycles. The molecule has 0 bridgehead atoms. The average molecular weight is 443 g/mol. The van der Waals surface area contributed by atoms with Gasteiger partial charge in [0.2, 0.25) is 11.0 Å². The second-order valence-corrected chi connectivity index (χ2v) is 6.92. The van der Waals surface area contributed by atoms with Crippen LogP contribution in [0.15, 0.2) is 40.9 Å². The van der Waals surface area contributed by atoms with E-state index >= 15 is 0 Å². The molecule has 11 heteroatoms. The Labute approximate surface area is 173 Å². The number of nitrogens with one attached hydrogen (secondary N) is 1. The highest BCUT2D eigenvalue weighted by Crippen LogP contribution is 2.38. The predicted molar refractivity (Wildman–Crippen MR) is 105 cm³/mol. The van der Waals surface area contributed by atoms with E-state index in [9.17, 15) is 13.2 Å². The SMILES string of the molecule is COc1cccc(C=NNc2nc(C)cs2)c1Oc1ncc(C(F)(F)F)cc1Cl. The molecule has 0 saturated heterocycles. The molecule has 3 aromatic rings. The molecule has 0 aliphatic heterocycles. The summed E-state index contributed by atoms with van der Waals surface area (Å²) in [7, 11) is 1.43. The Morgan fingerprint density at radius 2 is 2.10 bits per heavy atom. The van der Waals surface area contributed by atoms with Crippen molar-refractivity contribution in [3.8, 4) is 17.4 Å². The molecule has 0 amide bonds. The fourth-order valence-electron chi connectivity index (χ4n) is 2.22. The first-order chi connectivity index (χ1) is 13.8. The number of pyridine rings is 1. The number of thiazole rings is 1. The largest absolute Gasteiger partial charge is 0.493 e. The van der Waals surface area contributed by atoms with Crippen molar-refractivity contribution in [1.29, 1.82) is 0 Å². The van der Waals surface area contributed by atoms with Gasteiger partial charge in [-0.15, -0.1) is 11.3 Å². The van der Waals surface area contributed by atoms with Crippen molar-refractivity contribution < 1.29 is 22.6 Å². The third-order valence-electron chi connectivity index (χ3n) is 3.55. The number of aromatic nitrogens is 2. The summed E-state index contributed by atoms with van der Waals surface area (Å²) in [6, 6.07) is 5.78. The third kappa shape index (κ3) is 5.15. The summed E-state index contributed by atoms with van der Waals surface area (Å²) >= 11 is 7.33. The molecular formula is C18H14ClF3N4O2S. The standard InChI is InChI=1S/C18H14ClF3N4O2S/c1-10-9-29-17(25-10)26-24-7-11-4-3-5-14(27-2)15(11)28-16-13(19)6-12(8-23-16)18(20,21)22/h3-9H,1-2H3,(H,25,26). The smallest absolute Gasteiger partial charge is 0.417 e. The van der Waals surface area contributed by atoms with Crippen LogP contribution in [-0.4, -0.2) is 23.3 Å². The summed E-state index contributed by atoms with van der Waals surface area (Å²) in [5, 5.41) is 6.30. The van der Waals surface area contributed by atoms with Crippen molar-refractivity contribution in [2.75, 3.05) is 12.5 Å². The fourth-order valence-corrected chi connectivity index (χ4v) is 3.06. The molecule has 1 aromatic carbocycles. The van der Waals surface area contributed by atoms with Gasteiger partial charge in [-0.3, -0.25) is 5.43 Å². The lowest BCUT2D eigenvalue weighted by molar-refractivity contribution is -0.137. The number of aryl methyl sites for hydroxylation is 1. The highest BCUT2D eigenvalue weighted by molar-refractivity contribution is 7.13. The number of para-hydroxylation sites is 1. The van der Waals surface area contributed by atoms with Crippen molar-refractivity contribution >= 4 is 34.3 Å². The molecule has 3 rings (SSSR count). The molecule has 0 spiro atoms. The van der Waals surface area contributed by atoms with Crippen molar-refractivity contribution in [3.05, 3.63) is 57.7 Å². The third-order valence-corrected chi connectivity index (χ3v) is 4.68. The first-order valence-electron chi connectivity index (χ1n) is 8.06. The number of anilines is 1. The number of benzene rings is 1. The van der Waals surface area contributed by atoms with Gasteiger partial charge in [0.25, 0.3) is 0 Å². The Bertz CT molecular complexity index is 1040. The van der Waals surface area contributed by atoms with E-state index in [2.05, 4.69) is 20.5 Å². The van der Waals surface area contributed by atoms with E-state index in [0.29, 0.717) is 22.6 Å². The van der Waals surface area contributed by atoms with Crippen LogP contribution in [0, 0.1) is 6.92 Å². The zero-order chi connectivity index (χ0) is 21.0. The van der Waals surface area contributed by atoms with E-state index in [0.717, 1.165) is 11.8 Å². The number of alkyl halides is 3. The summed E-state index contributed by atoms with van der Waals surface area (Å²) in [6.45, 7) is 1.86. The second kappa shape index (κ2) is 8.66. The molecule has 29 heavy (non-hydrogen) atoms. The quantitative estimate of drug-likeness (QED) is 0.388. The summed E-state index contributed by atoms with van der Waals surface area (Å²) in [6.07, 6.45) is -2.44. The molecule has 6 nitrogen and oxygen atoms in total. The van der Waals surface area contributed by atoms with E-state index in [1.807, 2.05) is 12.3 Å². The Morgan fingerprint density at radius 3 is 2.72 bits per heavy atom. The van der Waals surface area contributed by atoms with Crippen molar-refractivity contribution in [2.45, 2.75) is 13.1 Å². The number of hydrazone groups is 1. The first-order valence-corrected chi connectivity index (χ1v) is 9.32. The molecule has 0 unspecified atom stereocenters. The molecule has 0 aliphatic carbocycles. The van der Waals surface area contributed by atoms with Crippen LogP contribution in [0.4, 0.5) is 18.3 Å². The summed E-state index contributed by atoms with van der Waals surface area (Å²) in [5.41, 5.74) is 3.17. The van der Waals surface area contributed by atoms with E-state index in [4.69, 9.17) is 21.1 Å². The lowest BCUT2D eigenvalue weighted by Crippen LogP contribution is -2.06. The summed E-state index contributed by atoms with van der Waals surface area (Å²) < 4.78 is 49.4. The second-order valence-electron chi connectivity index (χ2n) is 5.65. The highest BCUT2D eigenvalue weighted by atomic mass is 35.5. The van der Waals surface area contributed by atoms with Crippen LogP contribution in [0.3, 0.4) is 0 Å². The molecule has 1 N–H and O–H groups in total. The lowest BCUT2D eigenvalue weighted by atomic mass is 10.2. The first kappa shape index (κ1) is 20.9. The minimum atomic E-state index is -4.56. The van der Waals surface area contributed by atoms with Gasteiger partial charge in [-0.25, -0.2) is 9.97 Å². The highest BCUT2D eigenvalue weighted by Gasteiger charge is 2.32. The molecule has 0 radical (unpaired) electrons. The maximum atomic E-state index is 12.8. The van der Waals surface area contributed by atoms with Gasteiger partial charge in [0, 0.05) is 17.1 Å². The van der Waals surface area contributed by atoms with E-state index in [1.54, 1.807) is 18.2 Å². The minimum absolute atomic E-state index is 0.192. The van der Waals surface area contributed by atoms with Gasteiger partial charge in [-0.05, 0) is 25.1 Å². The monoisotopic (exact) mass is 442 g/mol. The van der Waals surface area contributed by atoms with Crippen LogP contribution in [-0.2, 0) is 6.18 Å². The van der Waals surface area contributed by atoms with E-state index < -0.39 is 11.7 Å². The zero-order valence-corrected chi connectivity index (χ0v) is 16.7. The predicted octanol–water partition coefficient (Wildman–Crippen LogP) is 5.77. The van der Waals surface area contributed by atoms with Gasteiger partial charge in [0.1, 0.15) is 5.02 Å². The van der Waals surface area contributed by atoms with Crippen LogP contribution in [0.2, 0.25) is 5.02 Å². The van der Waals surface area contributed by atoms with Crippen LogP contribution in [0.1, 0.15) is 16.8 Å². The number of rotatable bonds is 6. The van der Waals surface area contributed by atoms with Crippen LogP contribution < -0.4 is 14.9 Å². The number of hydrogen-bond acceptors (Lipinski definition) is 7. The average Bonchev–Trinajstić information content (AvgIpc) is 3.08. The maximum absolute atomic E-state index is 12.8. The zero-order valence-electron chi connectivity index (χ0n) is 15.1.